The molecule has 12 heteroatoms. The number of nitrogens with zero attached hydrogens (tertiary/aromatic N) is 5. The van der Waals surface area contributed by atoms with Crippen LogP contribution < -0.4 is 5.32 Å². The van der Waals surface area contributed by atoms with Gasteiger partial charge in [-0.1, -0.05) is 12.1 Å². The maximum absolute atomic E-state index is 13.8. The van der Waals surface area contributed by atoms with Crippen molar-refractivity contribution in [3.8, 4) is 0 Å². The molecule has 3 heterocycles. The lowest BCUT2D eigenvalue weighted by atomic mass is 10.0. The van der Waals surface area contributed by atoms with Gasteiger partial charge in [-0.3, -0.25) is 9.69 Å². The zero-order chi connectivity index (χ0) is 22.2. The Morgan fingerprint density at radius 3 is 2.61 bits per heavy atom. The Morgan fingerprint density at radius 1 is 1.19 bits per heavy atom. The molecule has 1 N–H and O–H groups in total. The predicted molar refractivity (Wildman–Crippen MR) is 101 cm³/mol. The van der Waals surface area contributed by atoms with Crippen molar-refractivity contribution >= 4 is 17.5 Å². The van der Waals surface area contributed by atoms with Crippen LogP contribution in [0.1, 0.15) is 23.1 Å². The van der Waals surface area contributed by atoms with E-state index in [1.54, 1.807) is 6.07 Å². The Balaban J connectivity index is 1.65. The Labute approximate surface area is 173 Å². The molecule has 1 aliphatic rings. The molecule has 2 aromatic heterocycles. The molecule has 164 valence electrons. The second-order valence-corrected chi connectivity index (χ2v) is 7.02. The number of rotatable bonds is 4. The third kappa shape index (κ3) is 4.49. The van der Waals surface area contributed by atoms with Gasteiger partial charge in [0, 0.05) is 24.8 Å². The Bertz CT molecular complexity index is 1110. The van der Waals surface area contributed by atoms with Crippen LogP contribution in [0.25, 0.3) is 5.78 Å². The molecular formula is C19H18F4N6O2. The van der Waals surface area contributed by atoms with Crippen LogP contribution in [-0.2, 0) is 15.7 Å². The molecule has 0 aliphatic carbocycles. The highest BCUT2D eigenvalue weighted by atomic mass is 19.4. The van der Waals surface area contributed by atoms with E-state index < -0.39 is 29.8 Å². The van der Waals surface area contributed by atoms with Crippen molar-refractivity contribution in [2.45, 2.75) is 19.1 Å². The molecule has 1 aromatic carbocycles. The first-order valence-electron chi connectivity index (χ1n) is 9.42. The van der Waals surface area contributed by atoms with E-state index in [0.717, 1.165) is 4.52 Å². The Hall–Kier alpha value is -3.12. The number of hydrogen-bond donors (Lipinski definition) is 1. The van der Waals surface area contributed by atoms with Crippen LogP contribution >= 0.6 is 0 Å². The Morgan fingerprint density at radius 2 is 1.94 bits per heavy atom. The number of alkyl halides is 3. The van der Waals surface area contributed by atoms with Crippen molar-refractivity contribution in [2.75, 3.05) is 31.6 Å². The highest BCUT2D eigenvalue weighted by Crippen LogP contribution is 2.27. The molecular weight excluding hydrogens is 420 g/mol. The zero-order valence-corrected chi connectivity index (χ0v) is 16.4. The zero-order valence-electron chi connectivity index (χ0n) is 16.4. The average Bonchev–Trinajstić information content (AvgIpc) is 3.14. The number of amides is 1. The number of fused-ring (bicyclic) bond motifs is 1. The molecule has 0 radical (unpaired) electrons. The minimum absolute atomic E-state index is 0.0192. The number of benzene rings is 1. The first-order valence-corrected chi connectivity index (χ1v) is 9.42. The number of anilines is 1. The second-order valence-electron chi connectivity index (χ2n) is 7.02. The van der Waals surface area contributed by atoms with Gasteiger partial charge in [-0.05, 0) is 24.6 Å². The quantitative estimate of drug-likeness (QED) is 0.631. The normalized spacial score (nSPS) is 16.4. The lowest BCUT2D eigenvalue weighted by Gasteiger charge is -2.33. The fraction of sp³-hybridized carbons (Fsp3) is 0.368. The van der Waals surface area contributed by atoms with Gasteiger partial charge in [0.2, 0.25) is 5.91 Å². The fourth-order valence-electron chi connectivity index (χ4n) is 3.43. The summed E-state index contributed by atoms with van der Waals surface area (Å²) in [5.74, 6) is -2.58. The van der Waals surface area contributed by atoms with E-state index >= 15 is 0 Å². The van der Waals surface area contributed by atoms with E-state index in [1.165, 1.54) is 31.2 Å². The number of hydrogen-bond acceptors (Lipinski definition) is 6. The molecule has 0 bridgehead atoms. The predicted octanol–water partition coefficient (Wildman–Crippen LogP) is 2.60. The van der Waals surface area contributed by atoms with Crippen LogP contribution in [0.4, 0.5) is 23.4 Å². The van der Waals surface area contributed by atoms with Gasteiger partial charge in [-0.2, -0.15) is 23.1 Å². The molecule has 8 nitrogen and oxygen atoms in total. The molecule has 1 atom stereocenters. The lowest BCUT2D eigenvalue weighted by Crippen LogP contribution is -2.44. The summed E-state index contributed by atoms with van der Waals surface area (Å²) in [5.41, 5.74) is 0.746. The van der Waals surface area contributed by atoms with Gasteiger partial charge >= 0.3 is 6.18 Å². The number of carbonyl (C=O) groups is 1. The molecule has 1 aliphatic heterocycles. The number of ether oxygens (including phenoxy) is 1. The third-order valence-corrected chi connectivity index (χ3v) is 4.82. The monoisotopic (exact) mass is 438 g/mol. The van der Waals surface area contributed by atoms with Crippen molar-refractivity contribution in [3.63, 3.8) is 0 Å². The first kappa shape index (κ1) is 21.1. The maximum atomic E-state index is 13.8. The molecule has 4 rings (SSSR count). The molecule has 1 saturated heterocycles. The van der Waals surface area contributed by atoms with Gasteiger partial charge in [0.25, 0.3) is 11.6 Å². The summed E-state index contributed by atoms with van der Waals surface area (Å²) in [6, 6.07) is 6.26. The molecule has 1 amide bonds. The molecule has 0 saturated carbocycles. The largest absolute Gasteiger partial charge is 0.453 e. The van der Waals surface area contributed by atoms with Crippen LogP contribution in [0, 0.1) is 12.7 Å². The van der Waals surface area contributed by atoms with Gasteiger partial charge in [-0.25, -0.2) is 8.91 Å². The third-order valence-electron chi connectivity index (χ3n) is 4.82. The number of morpholine rings is 1. The van der Waals surface area contributed by atoms with E-state index in [4.69, 9.17) is 4.74 Å². The minimum atomic E-state index is -4.72. The van der Waals surface area contributed by atoms with Gasteiger partial charge in [0.1, 0.15) is 17.7 Å². The topological polar surface area (TPSA) is 84.7 Å². The van der Waals surface area contributed by atoms with Crippen LogP contribution in [0.3, 0.4) is 0 Å². The van der Waals surface area contributed by atoms with Gasteiger partial charge < -0.3 is 10.1 Å². The number of halogens is 4. The fourth-order valence-corrected chi connectivity index (χ4v) is 3.43. The number of carbonyl (C=O) groups excluding carboxylic acids is 1. The van der Waals surface area contributed by atoms with Crippen molar-refractivity contribution in [1.29, 1.82) is 0 Å². The molecule has 1 unspecified atom stereocenters. The van der Waals surface area contributed by atoms with E-state index in [2.05, 4.69) is 20.4 Å². The summed E-state index contributed by atoms with van der Waals surface area (Å²) in [7, 11) is 0. The van der Waals surface area contributed by atoms with Crippen molar-refractivity contribution in [3.05, 3.63) is 53.2 Å². The Kier molecular flexibility index (Phi) is 5.58. The smallest absolute Gasteiger partial charge is 0.379 e. The summed E-state index contributed by atoms with van der Waals surface area (Å²) in [5, 5.41) is 6.03. The standard InChI is InChI=1S/C19H18F4N6O2/c1-11-9-14(25-18-26-17(19(21,22)23)27-29(11)18)24-16(30)15(28-5-7-31-8-6-28)12-3-2-4-13(20)10-12/h2-4,9-10,15H,5-8H2,1H3,(H,24,25,26,27,30). The van der Waals surface area contributed by atoms with Crippen molar-refractivity contribution < 1.29 is 27.1 Å². The van der Waals surface area contributed by atoms with E-state index in [-0.39, 0.29) is 11.6 Å². The minimum Gasteiger partial charge on any atom is -0.379 e. The van der Waals surface area contributed by atoms with Gasteiger partial charge in [0.05, 0.1) is 13.2 Å². The van der Waals surface area contributed by atoms with Gasteiger partial charge in [0.15, 0.2) is 0 Å². The van der Waals surface area contributed by atoms with Crippen LogP contribution in [0.5, 0.6) is 0 Å². The summed E-state index contributed by atoms with van der Waals surface area (Å²) in [6.07, 6.45) is -4.72. The SMILES string of the molecule is Cc1cc(NC(=O)C(c2cccc(F)c2)N2CCOCC2)nc2nc(C(F)(F)F)nn12. The number of aryl methyl sites for hydroxylation is 1. The number of aromatic nitrogens is 4. The average molecular weight is 438 g/mol. The summed E-state index contributed by atoms with van der Waals surface area (Å²) < 4.78 is 58.8. The van der Waals surface area contributed by atoms with Crippen molar-refractivity contribution in [1.82, 2.24) is 24.5 Å². The first-order chi connectivity index (χ1) is 14.7. The molecule has 3 aromatic rings. The molecule has 0 spiro atoms. The van der Waals surface area contributed by atoms with Crippen LogP contribution in [0.15, 0.2) is 30.3 Å². The number of nitrogens with one attached hydrogen (secondary N) is 1. The molecule has 31 heavy (non-hydrogen) atoms. The second kappa shape index (κ2) is 8.19. The molecule has 1 fully saturated rings. The van der Waals surface area contributed by atoms with Crippen LogP contribution in [0.2, 0.25) is 0 Å². The summed E-state index contributed by atoms with van der Waals surface area (Å²) in [6.45, 7) is 3.27. The van der Waals surface area contributed by atoms with E-state index in [0.29, 0.717) is 37.6 Å². The summed E-state index contributed by atoms with van der Waals surface area (Å²) >= 11 is 0. The van der Waals surface area contributed by atoms with E-state index in [9.17, 15) is 22.4 Å². The highest BCUT2D eigenvalue weighted by Gasteiger charge is 2.37. The summed E-state index contributed by atoms with van der Waals surface area (Å²) in [4.78, 5) is 22.4. The van der Waals surface area contributed by atoms with E-state index in [1.807, 2.05) is 4.90 Å². The maximum Gasteiger partial charge on any atom is 0.453 e. The van der Waals surface area contributed by atoms with Crippen LogP contribution in [-0.4, -0.2) is 56.7 Å². The lowest BCUT2D eigenvalue weighted by molar-refractivity contribution is -0.144. The van der Waals surface area contributed by atoms with Crippen molar-refractivity contribution in [2.24, 2.45) is 0 Å². The van der Waals surface area contributed by atoms with Gasteiger partial charge in [-0.15, -0.1) is 5.10 Å². The highest BCUT2D eigenvalue weighted by molar-refractivity contribution is 5.95.